The second-order valence-corrected chi connectivity index (χ2v) is 9.03. The largest absolute Gasteiger partial charge is 0.378 e. The van der Waals surface area contributed by atoms with E-state index in [1.807, 2.05) is 38.1 Å². The zero-order valence-electron chi connectivity index (χ0n) is 17.1. The number of anilines is 1. The second-order valence-electron chi connectivity index (χ2n) is 6.90. The van der Waals surface area contributed by atoms with Crippen LogP contribution in [0, 0.1) is 6.92 Å². The molecule has 0 aliphatic rings. The second kappa shape index (κ2) is 9.56. The van der Waals surface area contributed by atoms with E-state index in [-0.39, 0.29) is 11.4 Å². The fourth-order valence-electron chi connectivity index (χ4n) is 2.79. The van der Waals surface area contributed by atoms with E-state index in [1.54, 1.807) is 43.3 Å². The minimum absolute atomic E-state index is 0.164. The van der Waals surface area contributed by atoms with Crippen LogP contribution >= 0.6 is 0 Å². The Kier molecular flexibility index (Phi) is 7.39. The Bertz CT molecular complexity index is 952. The van der Waals surface area contributed by atoms with Crippen molar-refractivity contribution in [3.05, 3.63) is 59.7 Å². The lowest BCUT2D eigenvalue weighted by Crippen LogP contribution is -2.42. The normalized spacial score (nSPS) is 12.1. The molecule has 0 bridgehead atoms. The van der Waals surface area contributed by atoms with Gasteiger partial charge in [-0.25, -0.2) is 8.42 Å². The average molecular weight is 418 g/mol. The van der Waals surface area contributed by atoms with E-state index in [0.29, 0.717) is 12.1 Å². The van der Waals surface area contributed by atoms with Crippen molar-refractivity contribution in [2.24, 2.45) is 0 Å². The highest BCUT2D eigenvalue weighted by Crippen LogP contribution is 2.30. The molecule has 8 heteroatoms. The predicted octanol–water partition coefficient (Wildman–Crippen LogP) is 1.83. The van der Waals surface area contributed by atoms with Crippen molar-refractivity contribution in [2.75, 3.05) is 32.1 Å². The van der Waals surface area contributed by atoms with Gasteiger partial charge in [0.25, 0.3) is 0 Å². The van der Waals surface area contributed by atoms with Crippen LogP contribution in [0.4, 0.5) is 5.69 Å². The van der Waals surface area contributed by atoms with Gasteiger partial charge < -0.3 is 15.5 Å². The number of sulfone groups is 1. The molecule has 0 radical (unpaired) electrons. The van der Waals surface area contributed by atoms with E-state index in [2.05, 4.69) is 10.6 Å². The molecule has 2 amide bonds. The molecule has 2 aromatic carbocycles. The van der Waals surface area contributed by atoms with Crippen LogP contribution in [0.1, 0.15) is 23.3 Å². The number of carbonyl (C=O) groups excluding carboxylic acids is 2. The summed E-state index contributed by atoms with van der Waals surface area (Å²) in [5, 5.41) is 3.82. The minimum atomic E-state index is -3.80. The van der Waals surface area contributed by atoms with Crippen LogP contribution in [-0.4, -0.2) is 47.4 Å². The van der Waals surface area contributed by atoms with E-state index < -0.39 is 26.9 Å². The van der Waals surface area contributed by atoms with Gasteiger partial charge in [0.2, 0.25) is 0 Å². The summed E-state index contributed by atoms with van der Waals surface area (Å²) in [6.45, 7) is 3.67. The van der Waals surface area contributed by atoms with Crippen LogP contribution in [0.2, 0.25) is 0 Å². The zero-order valence-corrected chi connectivity index (χ0v) is 17.9. The highest BCUT2D eigenvalue weighted by Gasteiger charge is 2.30. The third kappa shape index (κ3) is 5.57. The number of aryl methyl sites for hydroxylation is 1. The number of likely N-dealkylation sites (N-methyl/N-ethyl adjacent to an activating group) is 1. The van der Waals surface area contributed by atoms with E-state index in [9.17, 15) is 18.0 Å². The number of hydrogen-bond donors (Lipinski definition) is 2. The molecule has 0 aliphatic heterocycles. The highest BCUT2D eigenvalue weighted by molar-refractivity contribution is 7.91. The first-order valence-corrected chi connectivity index (χ1v) is 10.8. The number of amides is 2. The maximum Gasteiger partial charge on any atom is 0.309 e. The molecule has 1 atom stereocenters. The predicted molar refractivity (Wildman–Crippen MR) is 114 cm³/mol. The maximum atomic E-state index is 13.3. The van der Waals surface area contributed by atoms with Crippen LogP contribution in [0.5, 0.6) is 0 Å². The number of benzene rings is 2. The van der Waals surface area contributed by atoms with E-state index in [4.69, 9.17) is 0 Å². The van der Waals surface area contributed by atoms with E-state index >= 15 is 0 Å². The summed E-state index contributed by atoms with van der Waals surface area (Å²) in [5.74, 6) is -1.65. The average Bonchev–Trinajstić information content (AvgIpc) is 2.68. The molecule has 156 valence electrons. The summed E-state index contributed by atoms with van der Waals surface area (Å²) in [5.41, 5.74) is 2.40. The number of rotatable bonds is 7. The van der Waals surface area contributed by atoms with Gasteiger partial charge in [0.1, 0.15) is 5.25 Å². The minimum Gasteiger partial charge on any atom is -0.378 e. The lowest BCUT2D eigenvalue weighted by atomic mass is 10.1. The summed E-state index contributed by atoms with van der Waals surface area (Å²) >= 11 is 0. The van der Waals surface area contributed by atoms with Gasteiger partial charge in [-0.15, -0.1) is 0 Å². The molecular formula is C21H27N3O4S. The highest BCUT2D eigenvalue weighted by atomic mass is 32.2. The van der Waals surface area contributed by atoms with Crippen molar-refractivity contribution in [2.45, 2.75) is 24.0 Å². The topological polar surface area (TPSA) is 95.6 Å². The van der Waals surface area contributed by atoms with Crippen LogP contribution in [0.25, 0.3) is 0 Å². The van der Waals surface area contributed by atoms with Crippen molar-refractivity contribution >= 4 is 27.3 Å². The van der Waals surface area contributed by atoms with Crippen LogP contribution in [0.15, 0.2) is 53.4 Å². The molecule has 0 aromatic heterocycles. The van der Waals surface area contributed by atoms with Crippen molar-refractivity contribution in [1.29, 1.82) is 0 Å². The Hall–Kier alpha value is -2.87. The third-order valence-corrected chi connectivity index (χ3v) is 6.61. The molecule has 2 aromatic rings. The molecule has 2 N–H and O–H groups in total. The summed E-state index contributed by atoms with van der Waals surface area (Å²) in [6.07, 6.45) is 0. The fraction of sp³-hybridized carbons (Fsp3) is 0.333. The lowest BCUT2D eigenvalue weighted by Gasteiger charge is -2.20. The molecule has 0 spiro atoms. The number of nitrogens with zero attached hydrogens (tertiary/aromatic N) is 1. The molecule has 29 heavy (non-hydrogen) atoms. The third-order valence-electron chi connectivity index (χ3n) is 4.50. The Morgan fingerprint density at radius 1 is 0.931 bits per heavy atom. The molecular weight excluding hydrogens is 390 g/mol. The summed E-state index contributed by atoms with van der Waals surface area (Å²) in [7, 11) is -0.0157. The smallest absolute Gasteiger partial charge is 0.309 e. The van der Waals surface area contributed by atoms with Gasteiger partial charge in [0.15, 0.2) is 9.84 Å². The molecule has 0 aliphatic carbocycles. The zero-order chi connectivity index (χ0) is 21.6. The number of hydrogen-bond acceptors (Lipinski definition) is 5. The van der Waals surface area contributed by atoms with Gasteiger partial charge in [-0.1, -0.05) is 29.8 Å². The monoisotopic (exact) mass is 417 g/mol. The fourth-order valence-corrected chi connectivity index (χ4v) is 4.45. The van der Waals surface area contributed by atoms with Gasteiger partial charge in [-0.05, 0) is 43.7 Å². The summed E-state index contributed by atoms with van der Waals surface area (Å²) in [4.78, 5) is 25.8. The standard InChI is InChI=1S/C21H27N3O4S/c1-5-22-20(25)21(26)23-14-19(16-8-10-17(11-9-16)24(3)4)29(27,28)18-12-6-15(2)7-13-18/h6-13,19H,5,14H2,1-4H3,(H,22,25)(H,23,26)/t19-/m1/s1. The van der Waals surface area contributed by atoms with Gasteiger partial charge >= 0.3 is 11.8 Å². The van der Waals surface area contributed by atoms with Gasteiger partial charge in [0.05, 0.1) is 4.90 Å². The first-order valence-electron chi connectivity index (χ1n) is 9.30. The quantitative estimate of drug-likeness (QED) is 0.670. The molecule has 0 heterocycles. The Morgan fingerprint density at radius 3 is 2.00 bits per heavy atom. The molecule has 2 rings (SSSR count). The maximum absolute atomic E-state index is 13.3. The van der Waals surface area contributed by atoms with Crippen molar-refractivity contribution in [3.8, 4) is 0 Å². The molecule has 0 fully saturated rings. The first kappa shape index (κ1) is 22.4. The van der Waals surface area contributed by atoms with Crippen LogP contribution in [-0.2, 0) is 19.4 Å². The van der Waals surface area contributed by atoms with Gasteiger partial charge in [-0.3, -0.25) is 9.59 Å². The Balaban J connectivity index is 2.38. The lowest BCUT2D eigenvalue weighted by molar-refractivity contribution is -0.139. The Morgan fingerprint density at radius 2 is 1.48 bits per heavy atom. The molecule has 0 unspecified atom stereocenters. The van der Waals surface area contributed by atoms with Gasteiger partial charge in [0, 0.05) is 32.9 Å². The van der Waals surface area contributed by atoms with E-state index in [1.165, 1.54) is 0 Å². The van der Waals surface area contributed by atoms with Crippen molar-refractivity contribution in [1.82, 2.24) is 10.6 Å². The van der Waals surface area contributed by atoms with Crippen LogP contribution < -0.4 is 15.5 Å². The summed E-state index contributed by atoms with van der Waals surface area (Å²) in [6, 6.07) is 13.7. The van der Waals surface area contributed by atoms with Crippen molar-refractivity contribution in [3.63, 3.8) is 0 Å². The Labute approximate surface area is 172 Å². The van der Waals surface area contributed by atoms with Crippen molar-refractivity contribution < 1.29 is 18.0 Å². The first-order chi connectivity index (χ1) is 13.7. The molecule has 0 saturated carbocycles. The van der Waals surface area contributed by atoms with Crippen LogP contribution in [0.3, 0.4) is 0 Å². The van der Waals surface area contributed by atoms with Gasteiger partial charge in [-0.2, -0.15) is 0 Å². The summed E-state index contributed by atoms with van der Waals surface area (Å²) < 4.78 is 26.6. The van der Waals surface area contributed by atoms with E-state index in [0.717, 1.165) is 11.3 Å². The number of nitrogens with one attached hydrogen (secondary N) is 2. The number of carbonyl (C=O) groups is 2. The molecule has 0 saturated heterocycles. The SMILES string of the molecule is CCNC(=O)C(=O)NC[C@H](c1ccc(N(C)C)cc1)S(=O)(=O)c1ccc(C)cc1. The molecule has 7 nitrogen and oxygen atoms in total.